The molecule has 24 heavy (non-hydrogen) atoms. The van der Waals surface area contributed by atoms with Crippen LogP contribution < -0.4 is 10.6 Å². The molecule has 2 heterocycles. The zero-order valence-corrected chi connectivity index (χ0v) is 13.7. The van der Waals surface area contributed by atoms with E-state index in [1.54, 1.807) is 24.7 Å². The number of hydrogen-bond acceptors (Lipinski definition) is 5. The average molecular weight is 324 g/mol. The Labute approximate surface area is 140 Å². The molecule has 5 nitrogen and oxygen atoms in total. The molecule has 3 N–H and O–H groups in total. The first-order chi connectivity index (χ1) is 11.4. The van der Waals surface area contributed by atoms with Crippen LogP contribution in [0, 0.1) is 5.41 Å². The highest BCUT2D eigenvalue weighted by Crippen LogP contribution is 2.47. The molecule has 4 rings (SSSR count). The number of para-hydroxylation sites is 1. The van der Waals surface area contributed by atoms with Gasteiger partial charge in [-0.05, 0) is 30.0 Å². The molecular formula is C19H20N2O3. The number of furan rings is 1. The molecular weight excluding hydrogens is 304 g/mol. The van der Waals surface area contributed by atoms with Crippen LogP contribution in [-0.2, 0) is 4.79 Å². The van der Waals surface area contributed by atoms with Crippen LogP contribution in [0.15, 0.2) is 52.5 Å². The number of nitrogens with one attached hydrogen (secondary N) is 2. The lowest BCUT2D eigenvalue weighted by Gasteiger charge is -2.33. The molecule has 0 saturated heterocycles. The Hall–Kier alpha value is -2.69. The Morgan fingerprint density at radius 3 is 2.83 bits per heavy atom. The van der Waals surface area contributed by atoms with Crippen LogP contribution in [-0.4, -0.2) is 10.9 Å². The number of phenolic OH excluding ortho intramolecular Hbond substituents is 1. The van der Waals surface area contributed by atoms with Gasteiger partial charge in [0.15, 0.2) is 5.78 Å². The maximum absolute atomic E-state index is 12.9. The normalized spacial score (nSPS) is 22.1. The van der Waals surface area contributed by atoms with Crippen molar-refractivity contribution in [3.8, 4) is 5.75 Å². The Balaban J connectivity index is 1.91. The van der Waals surface area contributed by atoms with Crippen molar-refractivity contribution >= 4 is 17.2 Å². The summed E-state index contributed by atoms with van der Waals surface area (Å²) < 4.78 is 5.23. The fraction of sp³-hybridized carbons (Fsp3) is 0.316. The van der Waals surface area contributed by atoms with Crippen molar-refractivity contribution in [2.45, 2.75) is 32.7 Å². The van der Waals surface area contributed by atoms with E-state index in [1.165, 1.54) is 0 Å². The first kappa shape index (κ1) is 14.9. The number of fused-ring (bicyclic) bond motifs is 1. The van der Waals surface area contributed by atoms with Crippen LogP contribution in [0.3, 0.4) is 0 Å². The molecule has 1 aliphatic carbocycles. The Morgan fingerprint density at radius 2 is 2.08 bits per heavy atom. The predicted octanol–water partition coefficient (Wildman–Crippen LogP) is 4.21. The van der Waals surface area contributed by atoms with Gasteiger partial charge in [0.1, 0.15) is 11.4 Å². The van der Waals surface area contributed by atoms with Gasteiger partial charge in [0.25, 0.3) is 0 Å². The minimum atomic E-state index is -0.294. The molecule has 5 heteroatoms. The first-order valence-electron chi connectivity index (χ1n) is 8.08. The number of carbonyl (C=O) groups is 1. The van der Waals surface area contributed by atoms with Gasteiger partial charge in [0.2, 0.25) is 0 Å². The summed E-state index contributed by atoms with van der Waals surface area (Å²) in [5.41, 5.74) is 3.76. The highest BCUT2D eigenvalue weighted by atomic mass is 16.3. The number of Topliss-reactive ketones (excluding diaryl/α,β-unsaturated/α-hetero) is 1. The minimum absolute atomic E-state index is 0.112. The molecule has 0 fully saturated rings. The van der Waals surface area contributed by atoms with E-state index in [0.29, 0.717) is 12.1 Å². The van der Waals surface area contributed by atoms with Crippen LogP contribution in [0.1, 0.15) is 38.3 Å². The minimum Gasteiger partial charge on any atom is -0.506 e. The summed E-state index contributed by atoms with van der Waals surface area (Å²) in [6.07, 6.45) is 4.52. The smallest absolute Gasteiger partial charge is 0.163 e. The van der Waals surface area contributed by atoms with E-state index in [4.69, 9.17) is 4.42 Å². The summed E-state index contributed by atoms with van der Waals surface area (Å²) in [5, 5.41) is 17.0. The van der Waals surface area contributed by atoms with Crippen LogP contribution in [0.5, 0.6) is 5.75 Å². The van der Waals surface area contributed by atoms with Gasteiger partial charge in [-0.3, -0.25) is 4.79 Å². The molecule has 2 aromatic rings. The third-order valence-electron chi connectivity index (χ3n) is 4.70. The number of ketones is 1. The molecule has 1 aliphatic heterocycles. The third-order valence-corrected chi connectivity index (χ3v) is 4.70. The summed E-state index contributed by atoms with van der Waals surface area (Å²) in [7, 11) is 0. The zero-order chi connectivity index (χ0) is 16.9. The van der Waals surface area contributed by atoms with Gasteiger partial charge in [0.05, 0.1) is 24.3 Å². The number of allylic oxidation sites excluding steroid dienone is 1. The topological polar surface area (TPSA) is 74.5 Å². The number of phenols is 1. The van der Waals surface area contributed by atoms with Gasteiger partial charge in [-0.1, -0.05) is 19.9 Å². The molecule has 0 spiro atoms. The summed E-state index contributed by atoms with van der Waals surface area (Å²) in [5.74, 6) is 0.287. The van der Waals surface area contributed by atoms with Crippen LogP contribution in [0.25, 0.3) is 0 Å². The molecule has 124 valence electrons. The predicted molar refractivity (Wildman–Crippen MR) is 91.8 cm³/mol. The second kappa shape index (κ2) is 5.16. The second-order valence-electron chi connectivity index (χ2n) is 7.29. The van der Waals surface area contributed by atoms with Gasteiger partial charge in [-0.25, -0.2) is 0 Å². The van der Waals surface area contributed by atoms with Gasteiger partial charge in [0, 0.05) is 23.3 Å². The van der Waals surface area contributed by atoms with Crippen LogP contribution in [0.2, 0.25) is 0 Å². The number of carbonyl (C=O) groups excluding carboxylic acids is 1. The fourth-order valence-electron chi connectivity index (χ4n) is 3.64. The monoisotopic (exact) mass is 324 g/mol. The standard InChI is InChI=1S/C19H20N2O3/c1-19(2)8-13-16(15(23)9-19)17(11-6-7-24-10-11)20-12-4-3-5-14(22)18(12)21-13/h3-7,10,17,20-22H,8-9H2,1-2H3. The van der Waals surface area contributed by atoms with Crippen molar-refractivity contribution in [2.24, 2.45) is 5.41 Å². The highest BCUT2D eigenvalue weighted by molar-refractivity contribution is 6.01. The summed E-state index contributed by atoms with van der Waals surface area (Å²) in [4.78, 5) is 12.9. The van der Waals surface area contributed by atoms with E-state index in [9.17, 15) is 9.90 Å². The lowest BCUT2D eigenvalue weighted by Crippen LogP contribution is -2.31. The molecule has 1 aromatic heterocycles. The second-order valence-corrected chi connectivity index (χ2v) is 7.29. The maximum Gasteiger partial charge on any atom is 0.163 e. The van der Waals surface area contributed by atoms with E-state index in [-0.39, 0.29) is 23.0 Å². The zero-order valence-electron chi connectivity index (χ0n) is 13.7. The molecule has 1 unspecified atom stereocenters. The van der Waals surface area contributed by atoms with Gasteiger partial charge >= 0.3 is 0 Å². The summed E-state index contributed by atoms with van der Waals surface area (Å²) >= 11 is 0. The molecule has 0 bridgehead atoms. The van der Waals surface area contributed by atoms with Crippen molar-refractivity contribution in [2.75, 3.05) is 10.6 Å². The van der Waals surface area contributed by atoms with Crippen molar-refractivity contribution in [1.82, 2.24) is 0 Å². The van der Waals surface area contributed by atoms with E-state index in [0.717, 1.165) is 28.9 Å². The lowest BCUT2D eigenvalue weighted by molar-refractivity contribution is -0.118. The molecule has 1 aromatic carbocycles. The van der Waals surface area contributed by atoms with E-state index in [1.807, 2.05) is 12.1 Å². The van der Waals surface area contributed by atoms with E-state index in [2.05, 4.69) is 24.5 Å². The maximum atomic E-state index is 12.9. The average Bonchev–Trinajstić information content (AvgIpc) is 2.96. The number of hydrogen-bond donors (Lipinski definition) is 3. The first-order valence-corrected chi connectivity index (χ1v) is 8.08. The number of anilines is 2. The summed E-state index contributed by atoms with van der Waals surface area (Å²) in [6, 6.07) is 6.89. The number of benzene rings is 1. The van der Waals surface area contributed by atoms with Crippen LogP contribution >= 0.6 is 0 Å². The van der Waals surface area contributed by atoms with Crippen molar-refractivity contribution in [3.63, 3.8) is 0 Å². The van der Waals surface area contributed by atoms with Gasteiger partial charge in [-0.2, -0.15) is 0 Å². The quantitative estimate of drug-likeness (QED) is 0.685. The van der Waals surface area contributed by atoms with Gasteiger partial charge < -0.3 is 20.2 Å². The third kappa shape index (κ3) is 2.37. The summed E-state index contributed by atoms with van der Waals surface area (Å²) in [6.45, 7) is 4.18. The lowest BCUT2D eigenvalue weighted by atomic mass is 9.73. The Morgan fingerprint density at radius 1 is 1.25 bits per heavy atom. The van der Waals surface area contributed by atoms with E-state index < -0.39 is 0 Å². The van der Waals surface area contributed by atoms with E-state index >= 15 is 0 Å². The molecule has 0 radical (unpaired) electrons. The van der Waals surface area contributed by atoms with Crippen LogP contribution in [0.4, 0.5) is 11.4 Å². The highest BCUT2D eigenvalue weighted by Gasteiger charge is 2.39. The van der Waals surface area contributed by atoms with Crippen molar-refractivity contribution in [3.05, 3.63) is 53.6 Å². The fourth-order valence-corrected chi connectivity index (χ4v) is 3.64. The van der Waals surface area contributed by atoms with Crippen molar-refractivity contribution in [1.29, 1.82) is 0 Å². The molecule has 2 aliphatic rings. The Kier molecular flexibility index (Phi) is 3.20. The molecule has 0 saturated carbocycles. The molecule has 0 amide bonds. The Bertz CT molecular complexity index is 834. The van der Waals surface area contributed by atoms with Crippen molar-refractivity contribution < 1.29 is 14.3 Å². The SMILES string of the molecule is CC1(C)CC(=O)C2=C(C1)Nc1c(O)cccc1NC2c1ccoc1. The largest absolute Gasteiger partial charge is 0.506 e. The number of aromatic hydroxyl groups is 1. The number of rotatable bonds is 1. The van der Waals surface area contributed by atoms with Gasteiger partial charge in [-0.15, -0.1) is 0 Å². The molecule has 1 atom stereocenters.